The molecular weight excluding hydrogens is 282 g/mol. The summed E-state index contributed by atoms with van der Waals surface area (Å²) in [5.41, 5.74) is 2.22. The summed E-state index contributed by atoms with van der Waals surface area (Å²) < 4.78 is 32.3. The Labute approximate surface area is 117 Å². The molecule has 0 fully saturated rings. The average Bonchev–Trinajstić information content (AvgIpc) is 2.38. The van der Waals surface area contributed by atoms with Gasteiger partial charge >= 0.3 is 16.3 Å². The van der Waals surface area contributed by atoms with Crippen molar-refractivity contribution in [3.8, 4) is 0 Å². The third-order valence-electron chi connectivity index (χ3n) is 2.81. The minimum absolute atomic E-state index is 0.101. The average molecular weight is 299 g/mol. The second-order valence-corrected chi connectivity index (χ2v) is 5.71. The van der Waals surface area contributed by atoms with Gasteiger partial charge in [-0.15, -0.1) is 0 Å². The number of hydrogen-bond acceptors (Lipinski definition) is 5. The van der Waals surface area contributed by atoms with Gasteiger partial charge < -0.3 is 10.1 Å². The van der Waals surface area contributed by atoms with Crippen LogP contribution < -0.4 is 14.8 Å². The fourth-order valence-electron chi connectivity index (χ4n) is 2.04. The number of fused-ring (bicyclic) bond motifs is 1. The molecule has 1 aliphatic heterocycles. The number of hydrogen-bond donors (Lipinski definition) is 3. The zero-order valence-electron chi connectivity index (χ0n) is 11.1. The van der Waals surface area contributed by atoms with Gasteiger partial charge in [0.05, 0.1) is 18.0 Å². The highest BCUT2D eigenvalue weighted by Crippen LogP contribution is 2.30. The maximum absolute atomic E-state index is 11.8. The minimum Gasteiger partial charge on any atom is -0.449 e. The number of carbonyl (C=O) groups is 1. The number of aryl methyl sites for hydroxylation is 1. The van der Waals surface area contributed by atoms with Gasteiger partial charge in [0, 0.05) is 6.54 Å². The van der Waals surface area contributed by atoms with Crippen LogP contribution >= 0.6 is 0 Å². The zero-order chi connectivity index (χ0) is 14.6. The Morgan fingerprint density at radius 3 is 3.00 bits per heavy atom. The lowest BCUT2D eigenvalue weighted by atomic mass is 10.0. The smallest absolute Gasteiger partial charge is 0.422 e. The number of para-hydroxylation sites is 1. The van der Waals surface area contributed by atoms with Crippen LogP contribution in [0, 0.1) is 0 Å². The number of benzene rings is 1. The van der Waals surface area contributed by atoms with Crippen LogP contribution in [0.4, 0.5) is 16.2 Å². The van der Waals surface area contributed by atoms with E-state index < -0.39 is 16.3 Å². The van der Waals surface area contributed by atoms with Crippen molar-refractivity contribution in [1.82, 2.24) is 4.72 Å². The molecule has 7 nitrogen and oxygen atoms in total. The van der Waals surface area contributed by atoms with Crippen molar-refractivity contribution in [2.45, 2.75) is 19.8 Å². The second kappa shape index (κ2) is 6.00. The first-order chi connectivity index (χ1) is 9.52. The molecule has 1 amide bonds. The fraction of sp³-hybridized carbons (Fsp3) is 0.417. The molecule has 0 spiro atoms. The largest absolute Gasteiger partial charge is 0.449 e. The lowest BCUT2D eigenvalue weighted by Gasteiger charge is -2.21. The Balaban J connectivity index is 2.15. The van der Waals surface area contributed by atoms with Gasteiger partial charge in [-0.05, 0) is 31.4 Å². The third kappa shape index (κ3) is 3.53. The van der Waals surface area contributed by atoms with E-state index in [-0.39, 0.29) is 6.61 Å². The Bertz CT molecular complexity index is 601. The molecular formula is C12H17N3O4S. The number of anilines is 2. The number of carbonyl (C=O) groups excluding carboxylic acids is 1. The summed E-state index contributed by atoms with van der Waals surface area (Å²) in [4.78, 5) is 11.2. The summed E-state index contributed by atoms with van der Waals surface area (Å²) in [6.07, 6.45) is 0.894. The van der Waals surface area contributed by atoms with Gasteiger partial charge in [-0.1, -0.05) is 12.1 Å². The standard InChI is InChI=1S/C12H17N3O4S/c1-2-19-12(16)15-20(17,18)14-10-7-3-5-9-6-4-8-13-11(9)10/h3,5,7,13-14H,2,4,6,8H2,1H3,(H,15,16). The van der Waals surface area contributed by atoms with Gasteiger partial charge in [0.1, 0.15) is 0 Å². The summed E-state index contributed by atoms with van der Waals surface area (Å²) in [7, 11) is -4.00. The molecule has 0 atom stereocenters. The lowest BCUT2D eigenvalue weighted by molar-refractivity contribution is 0.159. The van der Waals surface area contributed by atoms with Crippen LogP contribution in [-0.2, 0) is 21.4 Å². The molecule has 1 heterocycles. The molecule has 0 saturated carbocycles. The van der Waals surface area contributed by atoms with Crippen molar-refractivity contribution in [3.63, 3.8) is 0 Å². The van der Waals surface area contributed by atoms with Gasteiger partial charge in [0.2, 0.25) is 0 Å². The van der Waals surface area contributed by atoms with Gasteiger partial charge in [-0.3, -0.25) is 4.72 Å². The first-order valence-electron chi connectivity index (χ1n) is 6.35. The van der Waals surface area contributed by atoms with E-state index in [1.54, 1.807) is 23.8 Å². The molecule has 3 N–H and O–H groups in total. The normalized spacial score (nSPS) is 13.8. The molecule has 20 heavy (non-hydrogen) atoms. The lowest BCUT2D eigenvalue weighted by Crippen LogP contribution is -2.36. The number of ether oxygens (including phenoxy) is 1. The Morgan fingerprint density at radius 2 is 2.25 bits per heavy atom. The predicted octanol–water partition coefficient (Wildman–Crippen LogP) is 1.45. The van der Waals surface area contributed by atoms with Crippen LogP contribution in [0.25, 0.3) is 0 Å². The fourth-order valence-corrected chi connectivity index (χ4v) is 2.82. The van der Waals surface area contributed by atoms with Crippen molar-refractivity contribution in [1.29, 1.82) is 0 Å². The van der Waals surface area contributed by atoms with Gasteiger partial charge in [-0.25, -0.2) is 9.52 Å². The van der Waals surface area contributed by atoms with Crippen molar-refractivity contribution in [2.75, 3.05) is 23.2 Å². The Hall–Kier alpha value is -1.96. The summed E-state index contributed by atoms with van der Waals surface area (Å²) in [5, 5.41) is 3.16. The van der Waals surface area contributed by atoms with E-state index in [2.05, 4.69) is 14.8 Å². The number of nitrogens with one attached hydrogen (secondary N) is 3. The van der Waals surface area contributed by atoms with E-state index in [1.807, 2.05) is 6.07 Å². The van der Waals surface area contributed by atoms with E-state index in [0.29, 0.717) is 5.69 Å². The van der Waals surface area contributed by atoms with E-state index >= 15 is 0 Å². The molecule has 8 heteroatoms. The molecule has 0 radical (unpaired) electrons. The molecule has 1 aliphatic rings. The summed E-state index contributed by atoms with van der Waals surface area (Å²) in [6.45, 7) is 2.48. The molecule has 110 valence electrons. The first-order valence-corrected chi connectivity index (χ1v) is 7.83. The van der Waals surface area contributed by atoms with Crippen LogP contribution in [0.5, 0.6) is 0 Å². The molecule has 1 aromatic carbocycles. The second-order valence-electron chi connectivity index (χ2n) is 4.30. The maximum Gasteiger partial charge on any atom is 0.422 e. The van der Waals surface area contributed by atoms with Crippen molar-refractivity contribution in [2.24, 2.45) is 0 Å². The van der Waals surface area contributed by atoms with Crippen LogP contribution in [0.2, 0.25) is 0 Å². The predicted molar refractivity (Wildman–Crippen MR) is 76.0 cm³/mol. The van der Waals surface area contributed by atoms with Crippen LogP contribution in [-0.4, -0.2) is 27.7 Å². The zero-order valence-corrected chi connectivity index (χ0v) is 11.9. The van der Waals surface area contributed by atoms with Crippen molar-refractivity contribution in [3.05, 3.63) is 23.8 Å². The van der Waals surface area contributed by atoms with Gasteiger partial charge in [0.15, 0.2) is 0 Å². The van der Waals surface area contributed by atoms with E-state index in [0.717, 1.165) is 30.6 Å². The topological polar surface area (TPSA) is 96.5 Å². The molecule has 0 unspecified atom stereocenters. The summed E-state index contributed by atoms with van der Waals surface area (Å²) >= 11 is 0. The maximum atomic E-state index is 11.8. The highest BCUT2D eigenvalue weighted by atomic mass is 32.2. The van der Waals surface area contributed by atoms with E-state index in [4.69, 9.17) is 0 Å². The summed E-state index contributed by atoms with van der Waals surface area (Å²) in [5.74, 6) is 0. The van der Waals surface area contributed by atoms with Crippen molar-refractivity contribution < 1.29 is 17.9 Å². The number of rotatable bonds is 4. The minimum atomic E-state index is -4.00. The SMILES string of the molecule is CCOC(=O)NS(=O)(=O)Nc1cccc2c1NCCC2. The molecule has 1 aromatic rings. The van der Waals surface area contributed by atoms with Crippen LogP contribution in [0.1, 0.15) is 18.9 Å². The Morgan fingerprint density at radius 1 is 1.45 bits per heavy atom. The van der Waals surface area contributed by atoms with Crippen LogP contribution in [0.3, 0.4) is 0 Å². The highest BCUT2D eigenvalue weighted by Gasteiger charge is 2.19. The molecule has 0 aromatic heterocycles. The van der Waals surface area contributed by atoms with Gasteiger partial charge in [-0.2, -0.15) is 8.42 Å². The monoisotopic (exact) mass is 299 g/mol. The third-order valence-corrected chi connectivity index (χ3v) is 3.74. The molecule has 2 rings (SSSR count). The first kappa shape index (κ1) is 14.4. The molecule has 0 bridgehead atoms. The van der Waals surface area contributed by atoms with E-state index in [1.165, 1.54) is 0 Å². The molecule has 0 aliphatic carbocycles. The quantitative estimate of drug-likeness (QED) is 0.782. The van der Waals surface area contributed by atoms with E-state index in [9.17, 15) is 13.2 Å². The van der Waals surface area contributed by atoms with Gasteiger partial charge in [0.25, 0.3) is 0 Å². The highest BCUT2D eigenvalue weighted by molar-refractivity contribution is 7.91. The van der Waals surface area contributed by atoms with Crippen molar-refractivity contribution >= 4 is 27.7 Å². The Kier molecular flexibility index (Phi) is 4.33. The summed E-state index contributed by atoms with van der Waals surface area (Å²) in [6, 6.07) is 5.35. The molecule has 0 saturated heterocycles. The number of amides is 1. The van der Waals surface area contributed by atoms with Crippen LogP contribution in [0.15, 0.2) is 18.2 Å².